The highest BCUT2D eigenvalue weighted by Gasteiger charge is 2.45. The zero-order valence-corrected chi connectivity index (χ0v) is 12.4. The predicted octanol–water partition coefficient (Wildman–Crippen LogP) is -1.30. The maximum Gasteiger partial charge on any atom is 0.257 e. The molecular weight excluding hydrogens is 292 g/mol. The van der Waals surface area contributed by atoms with Crippen molar-refractivity contribution < 1.29 is 19.7 Å². The highest BCUT2D eigenvalue weighted by atomic mass is 16.6. The van der Waals surface area contributed by atoms with Crippen LogP contribution in [0.1, 0.15) is 5.56 Å². The van der Waals surface area contributed by atoms with Crippen molar-refractivity contribution >= 4 is 11.8 Å². The van der Waals surface area contributed by atoms with Crippen molar-refractivity contribution in [3.8, 4) is 0 Å². The molecule has 9 nitrogen and oxygen atoms in total. The fourth-order valence-corrected chi connectivity index (χ4v) is 2.36. The maximum atomic E-state index is 11.8. The van der Waals surface area contributed by atoms with Crippen molar-refractivity contribution in [2.24, 2.45) is 0 Å². The van der Waals surface area contributed by atoms with Crippen LogP contribution in [0.15, 0.2) is 17.6 Å². The molecule has 5 N–H and O–H groups in total. The first kappa shape index (κ1) is 16.4. The van der Waals surface area contributed by atoms with Gasteiger partial charge in [0.1, 0.15) is 24.1 Å². The summed E-state index contributed by atoms with van der Waals surface area (Å²) in [5.41, 5.74) is 5.44. The van der Waals surface area contributed by atoms with E-state index in [4.69, 9.17) is 15.2 Å². The minimum absolute atomic E-state index is 0.0704. The van der Waals surface area contributed by atoms with Crippen LogP contribution in [0.3, 0.4) is 0 Å². The number of hydrogen-bond donors (Lipinski definition) is 4. The third kappa shape index (κ3) is 2.83. The third-order valence-electron chi connectivity index (χ3n) is 3.53. The van der Waals surface area contributed by atoms with Crippen LogP contribution in [0.25, 0.3) is 0 Å². The lowest BCUT2D eigenvalue weighted by Crippen LogP contribution is -2.42. The average Bonchev–Trinajstić information content (AvgIpc) is 2.74. The predicted molar refractivity (Wildman–Crippen MR) is 79.2 cm³/mol. The summed E-state index contributed by atoms with van der Waals surface area (Å²) >= 11 is 0. The first-order chi connectivity index (χ1) is 10.4. The van der Waals surface area contributed by atoms with E-state index in [1.165, 1.54) is 18.2 Å². The summed E-state index contributed by atoms with van der Waals surface area (Å²) in [4.78, 5) is 19.6. The number of nitrogens with two attached hydrogens (primary N) is 1. The van der Waals surface area contributed by atoms with E-state index in [0.29, 0.717) is 0 Å². The number of nitrogens with zero attached hydrogens (tertiary/aromatic N) is 2. The number of aliphatic hydroxyl groups excluding tert-OH is 2. The third-order valence-corrected chi connectivity index (χ3v) is 3.53. The van der Waals surface area contributed by atoms with Crippen molar-refractivity contribution in [1.82, 2.24) is 9.97 Å². The van der Waals surface area contributed by atoms with Gasteiger partial charge in [0.25, 0.3) is 5.56 Å². The van der Waals surface area contributed by atoms with E-state index < -0.39 is 30.1 Å². The standard InChI is InChI=1S/C13H20N4O5/c1-4-17(10-6(2)11(20)16-13(14)15-10)12-9(19)8(18)7(22-12)5-21-3/h4,7-9,12,18-19H,1,5H2,2-3H3,(H3,14,15,16,20)/t7-,8?,9?,12-/m1/s1. The van der Waals surface area contributed by atoms with Gasteiger partial charge in [0.05, 0.1) is 12.2 Å². The molecule has 0 bridgehead atoms. The van der Waals surface area contributed by atoms with Crippen LogP contribution in [-0.4, -0.2) is 58.4 Å². The van der Waals surface area contributed by atoms with E-state index in [9.17, 15) is 15.0 Å². The number of aromatic amines is 1. The molecule has 0 spiro atoms. The van der Waals surface area contributed by atoms with Crippen LogP contribution in [0.2, 0.25) is 0 Å². The molecule has 1 saturated heterocycles. The Bertz CT molecular complexity index is 605. The van der Waals surface area contributed by atoms with Gasteiger partial charge in [-0.1, -0.05) is 6.58 Å². The summed E-state index contributed by atoms with van der Waals surface area (Å²) in [5.74, 6) is 0.129. The summed E-state index contributed by atoms with van der Waals surface area (Å²) in [5, 5.41) is 20.2. The molecule has 9 heteroatoms. The molecule has 22 heavy (non-hydrogen) atoms. The fraction of sp³-hybridized carbons (Fsp3) is 0.538. The van der Waals surface area contributed by atoms with Crippen LogP contribution in [-0.2, 0) is 9.47 Å². The zero-order valence-electron chi connectivity index (χ0n) is 12.4. The van der Waals surface area contributed by atoms with Crippen molar-refractivity contribution in [1.29, 1.82) is 0 Å². The Balaban J connectivity index is 2.37. The number of H-pyrrole nitrogens is 1. The van der Waals surface area contributed by atoms with E-state index in [1.54, 1.807) is 6.92 Å². The van der Waals surface area contributed by atoms with E-state index >= 15 is 0 Å². The number of hydrogen-bond acceptors (Lipinski definition) is 8. The highest BCUT2D eigenvalue weighted by molar-refractivity contribution is 5.51. The maximum absolute atomic E-state index is 11.8. The van der Waals surface area contributed by atoms with Gasteiger partial charge in [-0.15, -0.1) is 0 Å². The average molecular weight is 312 g/mol. The number of anilines is 2. The lowest BCUT2D eigenvalue weighted by atomic mass is 10.1. The number of rotatable bonds is 5. The van der Waals surface area contributed by atoms with Gasteiger partial charge in [0, 0.05) is 13.3 Å². The monoisotopic (exact) mass is 312 g/mol. The van der Waals surface area contributed by atoms with Gasteiger partial charge < -0.3 is 30.3 Å². The van der Waals surface area contributed by atoms with E-state index in [2.05, 4.69) is 16.5 Å². The highest BCUT2D eigenvalue weighted by Crippen LogP contribution is 2.28. The van der Waals surface area contributed by atoms with Gasteiger partial charge >= 0.3 is 0 Å². The minimum Gasteiger partial charge on any atom is -0.387 e. The van der Waals surface area contributed by atoms with Crippen LogP contribution in [0.4, 0.5) is 11.8 Å². The number of nitrogen functional groups attached to an aromatic ring is 1. The minimum atomic E-state index is -1.22. The molecule has 0 radical (unpaired) electrons. The summed E-state index contributed by atoms with van der Waals surface area (Å²) in [6, 6.07) is 0. The number of nitrogens with one attached hydrogen (secondary N) is 1. The molecule has 2 heterocycles. The second-order valence-electron chi connectivity index (χ2n) is 4.99. The number of ether oxygens (including phenoxy) is 2. The Morgan fingerprint density at radius 3 is 2.82 bits per heavy atom. The van der Waals surface area contributed by atoms with Gasteiger partial charge in [-0.2, -0.15) is 4.98 Å². The van der Waals surface area contributed by atoms with Crippen LogP contribution in [0, 0.1) is 6.92 Å². The van der Waals surface area contributed by atoms with Crippen molar-refractivity contribution in [3.63, 3.8) is 0 Å². The molecule has 1 aromatic heterocycles. The molecule has 1 aliphatic rings. The Labute approximate surface area is 127 Å². The molecule has 2 unspecified atom stereocenters. The largest absolute Gasteiger partial charge is 0.387 e. The molecule has 122 valence electrons. The molecule has 0 aliphatic carbocycles. The van der Waals surface area contributed by atoms with E-state index in [0.717, 1.165) is 0 Å². The summed E-state index contributed by atoms with van der Waals surface area (Å²) < 4.78 is 10.5. The van der Waals surface area contributed by atoms with Crippen LogP contribution >= 0.6 is 0 Å². The van der Waals surface area contributed by atoms with Gasteiger partial charge in [-0.3, -0.25) is 9.78 Å². The SMILES string of the molecule is C=CN(c1nc(N)[nH]c(=O)c1C)[C@@H]1O[C@H](COC)C(O)C1O. The van der Waals surface area contributed by atoms with Crippen LogP contribution < -0.4 is 16.2 Å². The van der Waals surface area contributed by atoms with Gasteiger partial charge in [0.2, 0.25) is 5.95 Å². The first-order valence-corrected chi connectivity index (χ1v) is 6.68. The second-order valence-corrected chi connectivity index (χ2v) is 4.99. The molecule has 1 aromatic rings. The van der Waals surface area contributed by atoms with Gasteiger partial charge in [-0.25, -0.2) is 0 Å². The zero-order chi connectivity index (χ0) is 16.4. The molecule has 1 aliphatic heterocycles. The molecule has 1 fully saturated rings. The lowest BCUT2D eigenvalue weighted by molar-refractivity contribution is -0.0317. The van der Waals surface area contributed by atoms with Crippen molar-refractivity contribution in [2.45, 2.75) is 31.5 Å². The second kappa shape index (κ2) is 6.44. The Morgan fingerprint density at radius 1 is 1.55 bits per heavy atom. The lowest BCUT2D eigenvalue weighted by Gasteiger charge is -2.28. The summed E-state index contributed by atoms with van der Waals surface area (Å²) in [6.07, 6.45) is -2.66. The quantitative estimate of drug-likeness (QED) is 0.527. The fourth-order valence-electron chi connectivity index (χ4n) is 2.36. The molecular formula is C13H20N4O5. The number of methoxy groups -OCH3 is 1. The smallest absolute Gasteiger partial charge is 0.257 e. The Morgan fingerprint density at radius 2 is 2.23 bits per heavy atom. The van der Waals surface area contributed by atoms with Crippen LogP contribution in [0.5, 0.6) is 0 Å². The Kier molecular flexibility index (Phi) is 4.81. The summed E-state index contributed by atoms with van der Waals surface area (Å²) in [7, 11) is 1.46. The molecule has 0 aromatic carbocycles. The van der Waals surface area contributed by atoms with Gasteiger partial charge in [-0.05, 0) is 6.92 Å². The Hall–Kier alpha value is -1.94. The first-order valence-electron chi connectivity index (χ1n) is 6.68. The number of aromatic nitrogens is 2. The van der Waals surface area contributed by atoms with E-state index in [-0.39, 0.29) is 23.9 Å². The molecule has 4 atom stereocenters. The topological polar surface area (TPSA) is 134 Å². The van der Waals surface area contributed by atoms with Crippen molar-refractivity contribution in [2.75, 3.05) is 24.4 Å². The molecule has 0 saturated carbocycles. The normalized spacial score (nSPS) is 27.8. The van der Waals surface area contributed by atoms with Crippen molar-refractivity contribution in [3.05, 3.63) is 28.7 Å². The number of aliphatic hydroxyl groups is 2. The molecule has 0 amide bonds. The van der Waals surface area contributed by atoms with E-state index in [1.807, 2.05) is 0 Å². The summed E-state index contributed by atoms with van der Waals surface area (Å²) in [6.45, 7) is 5.31. The van der Waals surface area contributed by atoms with Gasteiger partial charge in [0.15, 0.2) is 6.23 Å². The molecule has 2 rings (SSSR count).